The predicted molar refractivity (Wildman–Crippen MR) is 61.9 cm³/mol. The predicted octanol–water partition coefficient (Wildman–Crippen LogP) is 4.27. The minimum absolute atomic E-state index is 0.00350. The highest BCUT2D eigenvalue weighted by molar-refractivity contribution is 5.69. The highest BCUT2D eigenvalue weighted by Crippen LogP contribution is 2.37. The summed E-state index contributed by atoms with van der Waals surface area (Å²) in [4.78, 5) is 0. The van der Waals surface area contributed by atoms with E-state index in [1.165, 1.54) is 18.2 Å². The molecule has 0 radical (unpaired) electrons. The number of hydrogen-bond donors (Lipinski definition) is 1. The fourth-order valence-corrected chi connectivity index (χ4v) is 1.49. The summed E-state index contributed by atoms with van der Waals surface area (Å²) in [5, 5.41) is 9.64. The number of benzene rings is 1. The van der Waals surface area contributed by atoms with Crippen molar-refractivity contribution in [3.05, 3.63) is 35.9 Å². The molecular weight excluding hydrogens is 229 g/mol. The first-order chi connectivity index (χ1) is 7.53. The fourth-order valence-electron chi connectivity index (χ4n) is 1.49. The van der Waals surface area contributed by atoms with Crippen molar-refractivity contribution in [3.63, 3.8) is 0 Å². The molecule has 0 fully saturated rings. The highest BCUT2D eigenvalue weighted by atomic mass is 19.4. The highest BCUT2D eigenvalue weighted by Gasteiger charge is 2.33. The minimum Gasteiger partial charge on any atom is -0.508 e. The lowest BCUT2D eigenvalue weighted by atomic mass is 9.84. The second kappa shape index (κ2) is 4.09. The Hall–Kier alpha value is -1.45. The van der Waals surface area contributed by atoms with Crippen LogP contribution in [0.2, 0.25) is 0 Å². The maximum atomic E-state index is 12.5. The van der Waals surface area contributed by atoms with Gasteiger partial charge in [0.2, 0.25) is 0 Å². The van der Waals surface area contributed by atoms with E-state index in [2.05, 4.69) is 6.58 Å². The molecule has 0 unspecified atom stereocenters. The minimum atomic E-state index is -4.45. The molecule has 1 aromatic carbocycles. The Labute approximate surface area is 98.6 Å². The molecule has 0 spiro atoms. The van der Waals surface area contributed by atoms with Crippen molar-refractivity contribution in [3.8, 4) is 5.75 Å². The molecule has 1 nitrogen and oxygen atoms in total. The Morgan fingerprint density at radius 3 is 2.12 bits per heavy atom. The van der Waals surface area contributed by atoms with Gasteiger partial charge in [0, 0.05) is 0 Å². The molecule has 0 bridgehead atoms. The van der Waals surface area contributed by atoms with Crippen molar-refractivity contribution < 1.29 is 18.3 Å². The number of phenolic OH excluding ortho intramolecular Hbond substituents is 1. The SMILES string of the molecule is C=C(c1ccc(O)c(C(C)(C)C)c1)C(F)(F)F. The summed E-state index contributed by atoms with van der Waals surface area (Å²) >= 11 is 0. The van der Waals surface area contributed by atoms with Gasteiger partial charge in [0.25, 0.3) is 0 Å². The zero-order valence-electron chi connectivity index (χ0n) is 10.0. The number of rotatable bonds is 1. The van der Waals surface area contributed by atoms with E-state index in [0.717, 1.165) is 0 Å². The van der Waals surface area contributed by atoms with Crippen LogP contribution in [0.3, 0.4) is 0 Å². The number of hydrogen-bond acceptors (Lipinski definition) is 1. The molecule has 1 N–H and O–H groups in total. The Balaban J connectivity index is 3.28. The van der Waals surface area contributed by atoms with Crippen molar-refractivity contribution >= 4 is 5.57 Å². The molecule has 0 saturated carbocycles. The monoisotopic (exact) mass is 244 g/mol. The Bertz CT molecular complexity index is 439. The number of allylic oxidation sites excluding steroid dienone is 1. The molecule has 1 rings (SSSR count). The van der Waals surface area contributed by atoms with Gasteiger partial charge in [-0.15, -0.1) is 0 Å². The lowest BCUT2D eigenvalue weighted by molar-refractivity contribution is -0.0686. The van der Waals surface area contributed by atoms with E-state index in [1.807, 2.05) is 20.8 Å². The first-order valence-corrected chi connectivity index (χ1v) is 5.13. The molecule has 1 aromatic rings. The maximum Gasteiger partial charge on any atom is 0.416 e. The van der Waals surface area contributed by atoms with Crippen molar-refractivity contribution in [2.45, 2.75) is 32.4 Å². The van der Waals surface area contributed by atoms with Gasteiger partial charge in [-0.3, -0.25) is 0 Å². The van der Waals surface area contributed by atoms with Gasteiger partial charge in [-0.25, -0.2) is 0 Å². The Morgan fingerprint density at radius 1 is 1.18 bits per heavy atom. The van der Waals surface area contributed by atoms with Crippen molar-refractivity contribution in [2.24, 2.45) is 0 Å². The van der Waals surface area contributed by atoms with Gasteiger partial charge >= 0.3 is 6.18 Å². The molecular formula is C13H15F3O. The van der Waals surface area contributed by atoms with Crippen molar-refractivity contribution in [2.75, 3.05) is 0 Å². The van der Waals surface area contributed by atoms with Crippen molar-refractivity contribution in [1.82, 2.24) is 0 Å². The van der Waals surface area contributed by atoms with Crippen LogP contribution in [-0.2, 0) is 5.41 Å². The lowest BCUT2D eigenvalue weighted by Gasteiger charge is -2.22. The van der Waals surface area contributed by atoms with Crippen LogP contribution in [0.15, 0.2) is 24.8 Å². The maximum absolute atomic E-state index is 12.5. The first-order valence-electron chi connectivity index (χ1n) is 5.13. The summed E-state index contributed by atoms with van der Waals surface area (Å²) in [6.45, 7) is 8.51. The van der Waals surface area contributed by atoms with E-state index in [0.29, 0.717) is 5.56 Å². The molecule has 0 saturated heterocycles. The number of halogens is 3. The molecule has 0 aliphatic rings. The van der Waals surface area contributed by atoms with Gasteiger partial charge in [-0.2, -0.15) is 13.2 Å². The topological polar surface area (TPSA) is 20.2 Å². The van der Waals surface area contributed by atoms with Gasteiger partial charge in [0.1, 0.15) is 5.75 Å². The standard InChI is InChI=1S/C13H15F3O/c1-8(13(14,15)16)9-5-6-11(17)10(7-9)12(2,3)4/h5-7,17H,1H2,2-4H3. The summed E-state index contributed by atoms with van der Waals surface area (Å²) in [6.07, 6.45) is -4.45. The van der Waals surface area contributed by atoms with E-state index in [4.69, 9.17) is 0 Å². The van der Waals surface area contributed by atoms with Crippen LogP contribution in [-0.4, -0.2) is 11.3 Å². The quantitative estimate of drug-likeness (QED) is 0.782. The van der Waals surface area contributed by atoms with Gasteiger partial charge < -0.3 is 5.11 Å². The van der Waals surface area contributed by atoms with E-state index in [-0.39, 0.29) is 11.3 Å². The van der Waals surface area contributed by atoms with Crippen LogP contribution in [0.1, 0.15) is 31.9 Å². The average Bonchev–Trinajstić information content (AvgIpc) is 2.14. The van der Waals surface area contributed by atoms with E-state index >= 15 is 0 Å². The number of alkyl halides is 3. The van der Waals surface area contributed by atoms with Crippen LogP contribution < -0.4 is 0 Å². The first kappa shape index (κ1) is 13.6. The van der Waals surface area contributed by atoms with Crippen molar-refractivity contribution in [1.29, 1.82) is 0 Å². The van der Waals surface area contributed by atoms with Crippen LogP contribution in [0.25, 0.3) is 5.57 Å². The summed E-state index contributed by atoms with van der Waals surface area (Å²) < 4.78 is 37.5. The molecule has 4 heteroatoms. The Morgan fingerprint density at radius 2 is 1.71 bits per heavy atom. The van der Waals surface area contributed by atoms with Crippen LogP contribution in [0.5, 0.6) is 5.75 Å². The average molecular weight is 244 g/mol. The third kappa shape index (κ3) is 3.02. The normalized spacial score (nSPS) is 12.6. The van der Waals surface area contributed by atoms with E-state index < -0.39 is 17.2 Å². The molecule has 0 aliphatic carbocycles. The van der Waals surface area contributed by atoms with Gasteiger partial charge in [0.05, 0.1) is 5.57 Å². The number of aromatic hydroxyl groups is 1. The molecule has 0 aliphatic heterocycles. The number of phenols is 1. The Kier molecular flexibility index (Phi) is 3.28. The summed E-state index contributed by atoms with van der Waals surface area (Å²) in [6, 6.07) is 3.83. The van der Waals surface area contributed by atoms with Crippen LogP contribution in [0.4, 0.5) is 13.2 Å². The molecule has 0 amide bonds. The van der Waals surface area contributed by atoms with E-state index in [9.17, 15) is 18.3 Å². The van der Waals surface area contributed by atoms with Gasteiger partial charge in [-0.1, -0.05) is 33.4 Å². The zero-order chi connectivity index (χ0) is 13.4. The lowest BCUT2D eigenvalue weighted by Crippen LogP contribution is -2.14. The smallest absolute Gasteiger partial charge is 0.416 e. The molecule has 0 heterocycles. The van der Waals surface area contributed by atoms with Crippen LogP contribution in [0, 0.1) is 0 Å². The van der Waals surface area contributed by atoms with Gasteiger partial charge in [-0.05, 0) is 28.7 Å². The fraction of sp³-hybridized carbons (Fsp3) is 0.385. The summed E-state index contributed by atoms with van der Waals surface area (Å²) in [7, 11) is 0. The second-order valence-corrected chi connectivity index (χ2v) is 4.96. The third-order valence-electron chi connectivity index (χ3n) is 2.50. The molecule has 0 aromatic heterocycles. The summed E-state index contributed by atoms with van der Waals surface area (Å²) in [5.74, 6) is -0.00350. The van der Waals surface area contributed by atoms with Crippen LogP contribution >= 0.6 is 0 Å². The third-order valence-corrected chi connectivity index (χ3v) is 2.50. The van der Waals surface area contributed by atoms with Gasteiger partial charge in [0.15, 0.2) is 0 Å². The molecule has 17 heavy (non-hydrogen) atoms. The zero-order valence-corrected chi connectivity index (χ0v) is 10.0. The molecule has 0 atom stereocenters. The molecule has 94 valence electrons. The largest absolute Gasteiger partial charge is 0.508 e. The summed E-state index contributed by atoms with van der Waals surface area (Å²) in [5.41, 5.74) is -0.866. The second-order valence-electron chi connectivity index (χ2n) is 4.96. The van der Waals surface area contributed by atoms with E-state index in [1.54, 1.807) is 0 Å².